The summed E-state index contributed by atoms with van der Waals surface area (Å²) in [5.41, 5.74) is 1.68. The first kappa shape index (κ1) is 10.9. The third-order valence-corrected chi connectivity index (χ3v) is 3.74. The van der Waals surface area contributed by atoms with Crippen LogP contribution in [-0.4, -0.2) is 16.1 Å². The highest BCUT2D eigenvalue weighted by molar-refractivity contribution is 7.17. The third-order valence-electron chi connectivity index (χ3n) is 2.78. The van der Waals surface area contributed by atoms with Gasteiger partial charge in [0.15, 0.2) is 5.69 Å². The van der Waals surface area contributed by atoms with Crippen LogP contribution in [0.2, 0.25) is 0 Å². The fraction of sp³-hybridized carbons (Fsp3) is 0. The van der Waals surface area contributed by atoms with Crippen LogP contribution in [0.5, 0.6) is 0 Å². The van der Waals surface area contributed by atoms with Gasteiger partial charge in [-0.1, -0.05) is 24.3 Å². The molecule has 0 aliphatic rings. The first-order chi connectivity index (χ1) is 8.77. The lowest BCUT2D eigenvalue weighted by Crippen LogP contribution is -2.02. The van der Waals surface area contributed by atoms with Gasteiger partial charge in [-0.25, -0.2) is 9.78 Å². The Morgan fingerprint density at radius 1 is 1.11 bits per heavy atom. The van der Waals surface area contributed by atoms with Crippen molar-refractivity contribution in [2.45, 2.75) is 0 Å². The fourth-order valence-electron chi connectivity index (χ4n) is 2.00. The molecule has 3 rings (SSSR count). The first-order valence-corrected chi connectivity index (χ1v) is 6.30. The molecule has 1 aromatic carbocycles. The van der Waals surface area contributed by atoms with Crippen LogP contribution in [0.25, 0.3) is 21.2 Å². The molecule has 0 bridgehead atoms. The molecule has 0 saturated carbocycles. The molecule has 2 aromatic heterocycles. The largest absolute Gasteiger partial charge is 0.476 e. The van der Waals surface area contributed by atoms with Crippen LogP contribution in [0.4, 0.5) is 0 Å². The number of rotatable bonds is 2. The normalized spacial score (nSPS) is 10.7. The summed E-state index contributed by atoms with van der Waals surface area (Å²) in [6.07, 6.45) is 1.50. The molecule has 0 spiro atoms. The van der Waals surface area contributed by atoms with Crippen molar-refractivity contribution in [3.63, 3.8) is 0 Å². The minimum absolute atomic E-state index is 0.0957. The molecule has 0 radical (unpaired) electrons. The molecule has 0 amide bonds. The number of carboxylic acids is 1. The maximum absolute atomic E-state index is 11.2. The van der Waals surface area contributed by atoms with E-state index in [0.29, 0.717) is 5.56 Å². The molecule has 18 heavy (non-hydrogen) atoms. The van der Waals surface area contributed by atoms with Crippen LogP contribution in [0.3, 0.4) is 0 Å². The molecule has 0 unspecified atom stereocenters. The predicted molar refractivity (Wildman–Crippen MR) is 72.0 cm³/mol. The molecule has 1 N–H and O–H groups in total. The topological polar surface area (TPSA) is 50.2 Å². The van der Waals surface area contributed by atoms with Crippen molar-refractivity contribution in [2.24, 2.45) is 0 Å². The van der Waals surface area contributed by atoms with Gasteiger partial charge in [-0.15, -0.1) is 11.3 Å². The lowest BCUT2D eigenvalue weighted by atomic mass is 10.0. The second-order valence-corrected chi connectivity index (χ2v) is 4.77. The quantitative estimate of drug-likeness (QED) is 0.760. The molecule has 2 heterocycles. The summed E-state index contributed by atoms with van der Waals surface area (Å²) < 4.78 is 1.09. The second kappa shape index (κ2) is 4.23. The molecule has 0 saturated heterocycles. The molecule has 3 aromatic rings. The molecule has 88 valence electrons. The first-order valence-electron chi connectivity index (χ1n) is 5.42. The van der Waals surface area contributed by atoms with E-state index in [9.17, 15) is 9.90 Å². The van der Waals surface area contributed by atoms with Crippen LogP contribution in [0.15, 0.2) is 48.0 Å². The van der Waals surface area contributed by atoms with E-state index in [4.69, 9.17) is 0 Å². The smallest absolute Gasteiger partial charge is 0.355 e. The zero-order valence-corrected chi connectivity index (χ0v) is 10.1. The van der Waals surface area contributed by atoms with E-state index in [0.717, 1.165) is 15.6 Å². The molecule has 0 fully saturated rings. The summed E-state index contributed by atoms with van der Waals surface area (Å²) in [6.45, 7) is 0. The minimum atomic E-state index is -1.00. The maximum atomic E-state index is 11.2. The summed E-state index contributed by atoms with van der Waals surface area (Å²) in [4.78, 5) is 15.2. The number of carboxylic acid groups (broad SMARTS) is 1. The average Bonchev–Trinajstić information content (AvgIpc) is 2.86. The van der Waals surface area contributed by atoms with E-state index < -0.39 is 5.97 Å². The lowest BCUT2D eigenvalue weighted by Gasteiger charge is -2.06. The number of aromatic nitrogens is 1. The Bertz CT molecular complexity index is 733. The zero-order valence-electron chi connectivity index (χ0n) is 9.33. The second-order valence-electron chi connectivity index (χ2n) is 3.85. The molecule has 4 heteroatoms. The summed E-state index contributed by atoms with van der Waals surface area (Å²) in [7, 11) is 0. The van der Waals surface area contributed by atoms with Crippen molar-refractivity contribution < 1.29 is 9.90 Å². The number of hydrogen-bond donors (Lipinski definition) is 1. The van der Waals surface area contributed by atoms with E-state index in [1.807, 2.05) is 29.6 Å². The standard InChI is InChI=1S/C14H9NO2S/c16-14(17)12-10(5-2-7-15-12)11-4-1-3-9-6-8-18-13(9)11/h1-8H,(H,16,17). The van der Waals surface area contributed by atoms with Crippen molar-refractivity contribution >= 4 is 27.4 Å². The number of carbonyl (C=O) groups is 1. The van der Waals surface area contributed by atoms with Crippen molar-refractivity contribution in [1.29, 1.82) is 0 Å². The van der Waals surface area contributed by atoms with Gasteiger partial charge in [-0.05, 0) is 22.9 Å². The number of nitrogens with zero attached hydrogens (tertiary/aromatic N) is 1. The number of hydrogen-bond acceptors (Lipinski definition) is 3. The van der Waals surface area contributed by atoms with Gasteiger partial charge in [0.1, 0.15) is 0 Å². The van der Waals surface area contributed by atoms with Gasteiger partial charge < -0.3 is 5.11 Å². The van der Waals surface area contributed by atoms with E-state index >= 15 is 0 Å². The number of fused-ring (bicyclic) bond motifs is 1. The average molecular weight is 255 g/mol. The predicted octanol–water partition coefficient (Wildman–Crippen LogP) is 3.66. The summed E-state index contributed by atoms with van der Waals surface area (Å²) in [6, 6.07) is 11.5. The monoisotopic (exact) mass is 255 g/mol. The van der Waals surface area contributed by atoms with Crippen LogP contribution in [0.1, 0.15) is 10.5 Å². The highest BCUT2D eigenvalue weighted by Gasteiger charge is 2.14. The van der Waals surface area contributed by atoms with Gasteiger partial charge >= 0.3 is 5.97 Å². The lowest BCUT2D eigenvalue weighted by molar-refractivity contribution is 0.0691. The summed E-state index contributed by atoms with van der Waals surface area (Å²) in [5.74, 6) is -1.00. The Labute approximate surface area is 107 Å². The molecular formula is C14H9NO2S. The molecular weight excluding hydrogens is 246 g/mol. The Balaban J connectivity index is 2.33. The zero-order chi connectivity index (χ0) is 12.5. The van der Waals surface area contributed by atoms with Crippen molar-refractivity contribution in [3.05, 3.63) is 53.7 Å². The van der Waals surface area contributed by atoms with Gasteiger partial charge in [0.05, 0.1) is 0 Å². The van der Waals surface area contributed by atoms with Crippen LogP contribution in [0, 0.1) is 0 Å². The van der Waals surface area contributed by atoms with Crippen molar-refractivity contribution in [3.8, 4) is 11.1 Å². The Morgan fingerprint density at radius 3 is 2.78 bits per heavy atom. The third kappa shape index (κ3) is 1.67. The van der Waals surface area contributed by atoms with E-state index in [2.05, 4.69) is 4.98 Å². The highest BCUT2D eigenvalue weighted by Crippen LogP contribution is 2.33. The van der Waals surface area contributed by atoms with Crippen LogP contribution < -0.4 is 0 Å². The van der Waals surface area contributed by atoms with Gasteiger partial charge in [0.25, 0.3) is 0 Å². The molecule has 0 aliphatic carbocycles. The van der Waals surface area contributed by atoms with Crippen molar-refractivity contribution in [2.75, 3.05) is 0 Å². The highest BCUT2D eigenvalue weighted by atomic mass is 32.1. The number of aromatic carboxylic acids is 1. The maximum Gasteiger partial charge on any atom is 0.355 e. The van der Waals surface area contributed by atoms with Crippen LogP contribution in [-0.2, 0) is 0 Å². The minimum Gasteiger partial charge on any atom is -0.476 e. The van der Waals surface area contributed by atoms with E-state index in [-0.39, 0.29) is 5.69 Å². The fourth-order valence-corrected chi connectivity index (χ4v) is 2.93. The van der Waals surface area contributed by atoms with Gasteiger partial charge in [-0.2, -0.15) is 0 Å². The number of thiophene rings is 1. The summed E-state index contributed by atoms with van der Waals surface area (Å²) >= 11 is 1.61. The molecule has 0 aliphatic heterocycles. The van der Waals surface area contributed by atoms with Crippen LogP contribution >= 0.6 is 11.3 Å². The number of benzene rings is 1. The molecule has 0 atom stereocenters. The van der Waals surface area contributed by atoms with Gasteiger partial charge in [-0.3, -0.25) is 0 Å². The van der Waals surface area contributed by atoms with Gasteiger partial charge in [0, 0.05) is 22.0 Å². The Kier molecular flexibility index (Phi) is 2.57. The Morgan fingerprint density at radius 2 is 1.94 bits per heavy atom. The SMILES string of the molecule is O=C(O)c1ncccc1-c1cccc2ccsc12. The van der Waals surface area contributed by atoms with E-state index in [1.165, 1.54) is 6.20 Å². The van der Waals surface area contributed by atoms with E-state index in [1.54, 1.807) is 23.5 Å². The molecule has 3 nitrogen and oxygen atoms in total. The number of pyridine rings is 1. The Hall–Kier alpha value is -2.20. The van der Waals surface area contributed by atoms with Crippen molar-refractivity contribution in [1.82, 2.24) is 4.98 Å². The summed E-state index contributed by atoms with van der Waals surface area (Å²) in [5, 5.41) is 12.3. The van der Waals surface area contributed by atoms with Gasteiger partial charge in [0.2, 0.25) is 0 Å².